The van der Waals surface area contributed by atoms with Crippen molar-refractivity contribution in [3.05, 3.63) is 11.6 Å². The summed E-state index contributed by atoms with van der Waals surface area (Å²) in [6, 6.07) is 0.265. The van der Waals surface area contributed by atoms with Crippen LogP contribution in [0.15, 0.2) is 4.99 Å². The molecule has 2 unspecified atom stereocenters. The fraction of sp³-hybridized carbons (Fsp3) is 0.810. The predicted octanol–water partition coefficient (Wildman–Crippen LogP) is 2.21. The van der Waals surface area contributed by atoms with Crippen molar-refractivity contribution < 1.29 is 9.53 Å². The topological polar surface area (TPSA) is 96.7 Å². The number of amides is 1. The van der Waals surface area contributed by atoms with Gasteiger partial charge in [0.25, 0.3) is 0 Å². The molecule has 9 nitrogen and oxygen atoms in total. The number of aliphatic imine (C=N–C) groups is 1. The number of rotatable bonds is 7. The summed E-state index contributed by atoms with van der Waals surface area (Å²) in [5.41, 5.74) is -0.489. The summed E-state index contributed by atoms with van der Waals surface area (Å²) in [5, 5.41) is 11.4. The highest BCUT2D eigenvalue weighted by Gasteiger charge is 2.23. The molecule has 0 fully saturated rings. The second-order valence-corrected chi connectivity index (χ2v) is 9.05. The van der Waals surface area contributed by atoms with Crippen molar-refractivity contribution in [2.24, 2.45) is 10.9 Å². The molecule has 0 saturated carbocycles. The molecular formula is C21H39N7O2. The average molecular weight is 422 g/mol. The van der Waals surface area contributed by atoms with Gasteiger partial charge in [-0.1, -0.05) is 13.8 Å². The minimum absolute atomic E-state index is 0.207. The van der Waals surface area contributed by atoms with Crippen LogP contribution in [0.3, 0.4) is 0 Å². The van der Waals surface area contributed by atoms with Gasteiger partial charge in [0.1, 0.15) is 11.4 Å². The highest BCUT2D eigenvalue weighted by atomic mass is 16.6. The van der Waals surface area contributed by atoms with Crippen LogP contribution in [-0.4, -0.2) is 70.0 Å². The van der Waals surface area contributed by atoms with Crippen molar-refractivity contribution >= 4 is 12.1 Å². The maximum atomic E-state index is 12.2. The van der Waals surface area contributed by atoms with Crippen LogP contribution in [0.25, 0.3) is 0 Å². The molecule has 30 heavy (non-hydrogen) atoms. The number of fused-ring (bicyclic) bond motifs is 1. The molecule has 0 radical (unpaired) electrons. The monoisotopic (exact) mass is 421 g/mol. The molecule has 0 saturated heterocycles. The summed E-state index contributed by atoms with van der Waals surface area (Å²) in [4.78, 5) is 23.1. The van der Waals surface area contributed by atoms with E-state index in [1.54, 1.807) is 11.9 Å². The first-order chi connectivity index (χ1) is 14.1. The normalized spacial score (nSPS) is 17.8. The lowest BCUT2D eigenvalue weighted by atomic mass is 10.1. The standard InChI is InChI=1S/C21H39N7O2/c1-8-17-25-18-11-10-16(14-28(18)26-17)24-19(22-9-2)23-12-15(3)13-27(7)20(29)30-21(4,5)6/h15-16H,8-14H2,1-7H3,(H2,22,23,24). The zero-order chi connectivity index (χ0) is 22.3. The smallest absolute Gasteiger partial charge is 0.410 e. The minimum atomic E-state index is -0.489. The van der Waals surface area contributed by atoms with Crippen LogP contribution in [0.2, 0.25) is 0 Å². The third kappa shape index (κ3) is 7.50. The van der Waals surface area contributed by atoms with Crippen molar-refractivity contribution in [2.45, 2.75) is 79.0 Å². The molecule has 2 N–H and O–H groups in total. The lowest BCUT2D eigenvalue weighted by Gasteiger charge is -2.27. The maximum Gasteiger partial charge on any atom is 0.410 e. The van der Waals surface area contributed by atoms with Crippen LogP contribution in [0.5, 0.6) is 0 Å². The number of guanidine groups is 1. The van der Waals surface area contributed by atoms with E-state index in [4.69, 9.17) is 9.73 Å². The lowest BCUT2D eigenvalue weighted by molar-refractivity contribution is 0.0279. The van der Waals surface area contributed by atoms with E-state index in [0.717, 1.165) is 50.0 Å². The predicted molar refractivity (Wildman–Crippen MR) is 119 cm³/mol. The van der Waals surface area contributed by atoms with Gasteiger partial charge in [-0.3, -0.25) is 4.99 Å². The molecule has 0 spiro atoms. The fourth-order valence-electron chi connectivity index (χ4n) is 3.33. The molecule has 1 aliphatic heterocycles. The third-order valence-corrected chi connectivity index (χ3v) is 4.76. The van der Waals surface area contributed by atoms with Crippen LogP contribution >= 0.6 is 0 Å². The number of aromatic nitrogens is 3. The molecule has 0 aliphatic carbocycles. The summed E-state index contributed by atoms with van der Waals surface area (Å²) in [6.45, 7) is 14.6. The SMILES string of the molecule is CCNC(=NCC(C)CN(C)C(=O)OC(C)(C)C)NC1CCc2nc(CC)nn2C1. The van der Waals surface area contributed by atoms with Crippen molar-refractivity contribution in [2.75, 3.05) is 26.7 Å². The van der Waals surface area contributed by atoms with Crippen LogP contribution in [0.4, 0.5) is 4.79 Å². The van der Waals surface area contributed by atoms with Gasteiger partial charge in [-0.05, 0) is 40.0 Å². The Bertz CT molecular complexity index is 723. The quantitative estimate of drug-likeness (QED) is 0.518. The van der Waals surface area contributed by atoms with E-state index in [1.165, 1.54) is 0 Å². The first kappa shape index (κ1) is 24.0. The number of hydrogen-bond acceptors (Lipinski definition) is 5. The summed E-state index contributed by atoms with van der Waals surface area (Å²) >= 11 is 0. The van der Waals surface area contributed by atoms with Crippen LogP contribution in [0, 0.1) is 5.92 Å². The van der Waals surface area contributed by atoms with E-state index in [0.29, 0.717) is 13.1 Å². The van der Waals surface area contributed by atoms with Crippen molar-refractivity contribution in [3.8, 4) is 0 Å². The Morgan fingerprint density at radius 3 is 2.77 bits per heavy atom. The Kier molecular flexibility index (Phi) is 8.49. The summed E-state index contributed by atoms with van der Waals surface area (Å²) in [7, 11) is 1.76. The van der Waals surface area contributed by atoms with Gasteiger partial charge >= 0.3 is 6.09 Å². The van der Waals surface area contributed by atoms with Gasteiger partial charge in [-0.15, -0.1) is 0 Å². The average Bonchev–Trinajstić information content (AvgIpc) is 3.07. The largest absolute Gasteiger partial charge is 0.444 e. The summed E-state index contributed by atoms with van der Waals surface area (Å²) in [6.07, 6.45) is 2.47. The number of hydrogen-bond donors (Lipinski definition) is 2. The van der Waals surface area contributed by atoms with Gasteiger partial charge in [0, 0.05) is 45.6 Å². The summed E-state index contributed by atoms with van der Waals surface area (Å²) in [5.74, 6) is 2.99. The molecule has 9 heteroatoms. The number of carbonyl (C=O) groups excluding carboxylic acids is 1. The number of ether oxygens (including phenoxy) is 1. The Morgan fingerprint density at radius 2 is 2.13 bits per heavy atom. The second-order valence-electron chi connectivity index (χ2n) is 9.05. The Labute approximate surface area is 180 Å². The van der Waals surface area contributed by atoms with E-state index in [9.17, 15) is 4.79 Å². The van der Waals surface area contributed by atoms with Crippen molar-refractivity contribution in [1.82, 2.24) is 30.3 Å². The third-order valence-electron chi connectivity index (χ3n) is 4.76. The first-order valence-electron chi connectivity index (χ1n) is 11.0. The minimum Gasteiger partial charge on any atom is -0.444 e. The van der Waals surface area contributed by atoms with Crippen LogP contribution < -0.4 is 10.6 Å². The molecule has 0 bridgehead atoms. The van der Waals surface area contributed by atoms with Gasteiger partial charge in [0.2, 0.25) is 0 Å². The zero-order valence-electron chi connectivity index (χ0n) is 19.7. The van der Waals surface area contributed by atoms with Crippen LogP contribution in [0.1, 0.15) is 59.6 Å². The molecule has 0 aromatic carbocycles. The Balaban J connectivity index is 1.88. The number of carbonyl (C=O) groups is 1. The molecule has 1 amide bonds. The Morgan fingerprint density at radius 1 is 1.40 bits per heavy atom. The number of aryl methyl sites for hydroxylation is 2. The molecule has 170 valence electrons. The molecular weight excluding hydrogens is 382 g/mol. The van der Waals surface area contributed by atoms with Crippen molar-refractivity contribution in [3.63, 3.8) is 0 Å². The van der Waals surface area contributed by atoms with E-state index >= 15 is 0 Å². The zero-order valence-corrected chi connectivity index (χ0v) is 19.7. The van der Waals surface area contributed by atoms with E-state index in [1.807, 2.05) is 25.5 Å². The van der Waals surface area contributed by atoms with Gasteiger partial charge in [0.15, 0.2) is 11.8 Å². The van der Waals surface area contributed by atoms with E-state index in [2.05, 4.69) is 41.5 Å². The Hall–Kier alpha value is -2.32. The molecule has 2 rings (SSSR count). The first-order valence-corrected chi connectivity index (χ1v) is 11.0. The van der Waals surface area contributed by atoms with Crippen LogP contribution in [-0.2, 0) is 24.1 Å². The highest BCUT2D eigenvalue weighted by Crippen LogP contribution is 2.14. The van der Waals surface area contributed by atoms with Gasteiger partial charge in [-0.2, -0.15) is 5.10 Å². The second kappa shape index (κ2) is 10.6. The molecule has 1 aliphatic rings. The van der Waals surface area contributed by atoms with Gasteiger partial charge in [0.05, 0.1) is 6.54 Å². The molecule has 1 aromatic heterocycles. The maximum absolute atomic E-state index is 12.2. The lowest BCUT2D eigenvalue weighted by Crippen LogP contribution is -2.47. The molecule has 2 heterocycles. The fourth-order valence-corrected chi connectivity index (χ4v) is 3.33. The van der Waals surface area contributed by atoms with Crippen molar-refractivity contribution in [1.29, 1.82) is 0 Å². The van der Waals surface area contributed by atoms with E-state index < -0.39 is 5.60 Å². The number of nitrogens with one attached hydrogen (secondary N) is 2. The molecule has 2 atom stereocenters. The summed E-state index contributed by atoms with van der Waals surface area (Å²) < 4.78 is 7.43. The molecule has 1 aromatic rings. The number of nitrogens with zero attached hydrogens (tertiary/aromatic N) is 5. The van der Waals surface area contributed by atoms with E-state index in [-0.39, 0.29) is 18.1 Å². The van der Waals surface area contributed by atoms with Gasteiger partial charge in [-0.25, -0.2) is 14.5 Å². The highest BCUT2D eigenvalue weighted by molar-refractivity contribution is 5.80. The van der Waals surface area contributed by atoms with Gasteiger partial charge < -0.3 is 20.3 Å².